The highest BCUT2D eigenvalue weighted by Gasteiger charge is 2.75. The van der Waals surface area contributed by atoms with Crippen LogP contribution in [-0.4, -0.2) is 121 Å². The Morgan fingerprint density at radius 1 is 1.29 bits per heavy atom. The first kappa shape index (κ1) is 28.7. The summed E-state index contributed by atoms with van der Waals surface area (Å²) in [5, 5.41) is 10.2. The van der Waals surface area contributed by atoms with Gasteiger partial charge in [0.1, 0.15) is 11.6 Å². The number of unbranched alkanes of at least 4 members (excludes halogenated alkanes) is 1. The van der Waals surface area contributed by atoms with Gasteiger partial charge in [0.25, 0.3) is 0 Å². The van der Waals surface area contributed by atoms with Gasteiger partial charge in [0.05, 0.1) is 50.4 Å². The van der Waals surface area contributed by atoms with E-state index in [2.05, 4.69) is 18.1 Å². The number of allylic oxidation sites excluding steroid dienone is 1. The summed E-state index contributed by atoms with van der Waals surface area (Å²) in [5.74, 6) is -2.52. The van der Waals surface area contributed by atoms with Crippen molar-refractivity contribution in [2.45, 2.75) is 62.8 Å². The Bertz CT molecular complexity index is 888. The van der Waals surface area contributed by atoms with Crippen molar-refractivity contribution in [2.24, 2.45) is 11.8 Å². The molecule has 1 N–H and O–H groups in total. The van der Waals surface area contributed by atoms with Crippen molar-refractivity contribution in [3.05, 3.63) is 25.3 Å². The molecule has 2 bridgehead atoms. The number of aliphatic hydroxyl groups excluding tert-OH is 1. The summed E-state index contributed by atoms with van der Waals surface area (Å²) in [6.45, 7) is 13.8. The van der Waals surface area contributed by atoms with Crippen LogP contribution in [-0.2, 0) is 28.6 Å². The van der Waals surface area contributed by atoms with Crippen LogP contribution in [0.15, 0.2) is 25.3 Å². The molecule has 4 saturated heterocycles. The minimum Gasteiger partial charge on any atom is -0.465 e. The van der Waals surface area contributed by atoms with Crippen molar-refractivity contribution in [3.63, 3.8) is 0 Å². The van der Waals surface area contributed by atoms with Crippen LogP contribution in [0.1, 0.15) is 39.0 Å². The number of ether oxygens (including phenoxy) is 3. The SMILES string of the molecule is C=CCCCOC(=O)[C@@H]1[C@@H]2CCC3(O2)C(C(=O)N(CC=C)CCN2CCOCC2)N([C@@H](CC)CO)C(=O)[C@H]13. The molecule has 2 unspecified atom stereocenters. The number of likely N-dealkylation sites (tertiary alicyclic amines) is 1. The smallest absolute Gasteiger partial charge is 0.312 e. The number of nitrogens with zero attached hydrogens (tertiary/aromatic N) is 3. The number of carbonyl (C=O) groups is 3. The summed E-state index contributed by atoms with van der Waals surface area (Å²) in [6, 6.07) is -1.46. The zero-order valence-electron chi connectivity index (χ0n) is 22.6. The second-order valence-electron chi connectivity index (χ2n) is 10.7. The predicted octanol–water partition coefficient (Wildman–Crippen LogP) is 0.988. The monoisotopic (exact) mass is 533 g/mol. The van der Waals surface area contributed by atoms with Crippen LogP contribution in [0.4, 0.5) is 0 Å². The lowest BCUT2D eigenvalue weighted by Gasteiger charge is -2.39. The fourth-order valence-corrected chi connectivity index (χ4v) is 6.65. The van der Waals surface area contributed by atoms with Gasteiger partial charge < -0.3 is 29.1 Å². The molecule has 4 fully saturated rings. The molecule has 4 rings (SSSR count). The molecule has 212 valence electrons. The molecule has 38 heavy (non-hydrogen) atoms. The van der Waals surface area contributed by atoms with Crippen LogP contribution < -0.4 is 0 Å². The number of fused-ring (bicyclic) bond motifs is 1. The van der Waals surface area contributed by atoms with E-state index >= 15 is 0 Å². The van der Waals surface area contributed by atoms with E-state index in [-0.39, 0.29) is 25.0 Å². The van der Waals surface area contributed by atoms with E-state index in [1.165, 1.54) is 4.90 Å². The molecule has 0 aromatic rings. The Hall–Kier alpha value is -2.27. The van der Waals surface area contributed by atoms with Gasteiger partial charge in [-0.15, -0.1) is 13.2 Å². The molecule has 0 aromatic heterocycles. The highest BCUT2D eigenvalue weighted by molar-refractivity contribution is 5.98. The Balaban J connectivity index is 1.61. The summed E-state index contributed by atoms with van der Waals surface area (Å²) in [4.78, 5) is 47.0. The maximum atomic E-state index is 14.3. The molecular formula is C28H43N3O7. The van der Waals surface area contributed by atoms with E-state index in [0.29, 0.717) is 58.5 Å². The molecule has 0 aromatic carbocycles. The fourth-order valence-electron chi connectivity index (χ4n) is 6.65. The maximum Gasteiger partial charge on any atom is 0.312 e. The third-order valence-corrected chi connectivity index (χ3v) is 8.57. The maximum absolute atomic E-state index is 14.3. The molecule has 0 aliphatic carbocycles. The zero-order valence-corrected chi connectivity index (χ0v) is 22.6. The summed E-state index contributed by atoms with van der Waals surface area (Å²) in [6.07, 6.45) is 5.96. The molecule has 4 aliphatic rings. The average molecular weight is 534 g/mol. The number of rotatable bonds is 14. The largest absolute Gasteiger partial charge is 0.465 e. The summed E-state index contributed by atoms with van der Waals surface area (Å²) < 4.78 is 17.5. The summed E-state index contributed by atoms with van der Waals surface area (Å²) in [5.41, 5.74) is -1.11. The van der Waals surface area contributed by atoms with Crippen molar-refractivity contribution in [1.29, 1.82) is 0 Å². The van der Waals surface area contributed by atoms with Gasteiger partial charge in [0.2, 0.25) is 11.8 Å². The lowest BCUT2D eigenvalue weighted by atomic mass is 9.70. The van der Waals surface area contributed by atoms with Gasteiger partial charge in [-0.2, -0.15) is 0 Å². The molecule has 0 radical (unpaired) electrons. The van der Waals surface area contributed by atoms with Gasteiger partial charge in [-0.05, 0) is 32.1 Å². The van der Waals surface area contributed by atoms with Crippen molar-refractivity contribution in [1.82, 2.24) is 14.7 Å². The number of esters is 1. The van der Waals surface area contributed by atoms with E-state index in [1.54, 1.807) is 17.1 Å². The zero-order chi connectivity index (χ0) is 27.3. The number of morpholine rings is 1. The molecule has 0 saturated carbocycles. The fraction of sp³-hybridized carbons (Fsp3) is 0.750. The topological polar surface area (TPSA) is 109 Å². The van der Waals surface area contributed by atoms with Crippen molar-refractivity contribution < 1.29 is 33.7 Å². The van der Waals surface area contributed by atoms with Crippen molar-refractivity contribution in [2.75, 3.05) is 59.2 Å². The van der Waals surface area contributed by atoms with E-state index < -0.39 is 41.6 Å². The minimum absolute atomic E-state index is 0.221. The summed E-state index contributed by atoms with van der Waals surface area (Å²) >= 11 is 0. The number of hydrogen-bond donors (Lipinski definition) is 1. The molecule has 2 amide bonds. The highest BCUT2D eigenvalue weighted by Crippen LogP contribution is 2.59. The molecule has 4 aliphatic heterocycles. The van der Waals surface area contributed by atoms with E-state index in [0.717, 1.165) is 19.5 Å². The molecular weight excluding hydrogens is 490 g/mol. The first-order chi connectivity index (χ1) is 18.4. The average Bonchev–Trinajstić information content (AvgIpc) is 3.58. The first-order valence-electron chi connectivity index (χ1n) is 14.0. The lowest BCUT2D eigenvalue weighted by Crippen LogP contribution is -2.59. The van der Waals surface area contributed by atoms with Gasteiger partial charge in [0, 0.05) is 32.7 Å². The van der Waals surface area contributed by atoms with Gasteiger partial charge in [-0.3, -0.25) is 19.3 Å². The van der Waals surface area contributed by atoms with Crippen molar-refractivity contribution >= 4 is 17.8 Å². The van der Waals surface area contributed by atoms with Gasteiger partial charge in [0.15, 0.2) is 0 Å². The normalized spacial score (nSPS) is 31.2. The van der Waals surface area contributed by atoms with Crippen LogP contribution >= 0.6 is 0 Å². The second kappa shape index (κ2) is 12.7. The molecule has 6 atom stereocenters. The molecule has 10 heteroatoms. The van der Waals surface area contributed by atoms with E-state index in [9.17, 15) is 19.5 Å². The van der Waals surface area contributed by atoms with E-state index in [4.69, 9.17) is 14.2 Å². The third-order valence-electron chi connectivity index (χ3n) is 8.57. The predicted molar refractivity (Wildman–Crippen MR) is 140 cm³/mol. The van der Waals surface area contributed by atoms with E-state index in [1.807, 2.05) is 6.92 Å². The minimum atomic E-state index is -1.11. The molecule has 1 spiro atoms. The quantitative estimate of drug-likeness (QED) is 0.200. The Morgan fingerprint density at radius 3 is 2.71 bits per heavy atom. The molecule has 10 nitrogen and oxygen atoms in total. The highest BCUT2D eigenvalue weighted by atomic mass is 16.6. The van der Waals surface area contributed by atoms with Crippen LogP contribution in [0, 0.1) is 11.8 Å². The first-order valence-corrected chi connectivity index (χ1v) is 14.0. The van der Waals surface area contributed by atoms with Crippen LogP contribution in [0.2, 0.25) is 0 Å². The van der Waals surface area contributed by atoms with Gasteiger partial charge in [-0.25, -0.2) is 0 Å². The third kappa shape index (κ3) is 5.28. The Labute approximate surface area is 225 Å². The van der Waals surface area contributed by atoms with Crippen molar-refractivity contribution in [3.8, 4) is 0 Å². The van der Waals surface area contributed by atoms with Crippen LogP contribution in [0.3, 0.4) is 0 Å². The number of hydrogen-bond acceptors (Lipinski definition) is 8. The second-order valence-corrected chi connectivity index (χ2v) is 10.7. The van der Waals surface area contributed by atoms with Gasteiger partial charge >= 0.3 is 5.97 Å². The summed E-state index contributed by atoms with van der Waals surface area (Å²) in [7, 11) is 0. The standard InChI is InChI=1S/C28H43N3O7/c1-4-7-8-16-37-27(35)22-21-9-10-28(38-21)23(22)25(33)31(20(6-3)19-32)24(28)26(34)30(11-5-2)13-12-29-14-17-36-18-15-29/h4-5,20-24,32H,1-2,6-19H2,3H3/t20-,21-,22+,23-,24?,28?/m0/s1. The number of aliphatic hydroxyl groups is 1. The Kier molecular flexibility index (Phi) is 9.62. The van der Waals surface area contributed by atoms with Crippen LogP contribution in [0.5, 0.6) is 0 Å². The Morgan fingerprint density at radius 2 is 2.05 bits per heavy atom. The lowest BCUT2D eigenvalue weighted by molar-refractivity contribution is -0.156. The van der Waals surface area contributed by atoms with Gasteiger partial charge in [-0.1, -0.05) is 19.1 Å². The number of amides is 2. The number of carbonyl (C=O) groups excluding carboxylic acids is 3. The molecule has 4 heterocycles. The van der Waals surface area contributed by atoms with Crippen LogP contribution in [0.25, 0.3) is 0 Å².